The van der Waals surface area contributed by atoms with Crippen LogP contribution >= 0.6 is 11.8 Å². The van der Waals surface area contributed by atoms with E-state index in [4.69, 9.17) is 0 Å². The summed E-state index contributed by atoms with van der Waals surface area (Å²) in [6, 6.07) is 13.5. The highest BCUT2D eigenvalue weighted by atomic mass is 32.2. The van der Waals surface area contributed by atoms with Crippen molar-refractivity contribution < 1.29 is 4.79 Å². The number of nitrogens with one attached hydrogen (secondary N) is 3. The van der Waals surface area contributed by atoms with Crippen LogP contribution in [-0.2, 0) is 4.79 Å². The predicted molar refractivity (Wildman–Crippen MR) is 135 cm³/mol. The van der Waals surface area contributed by atoms with Gasteiger partial charge in [-0.25, -0.2) is 4.79 Å². The van der Waals surface area contributed by atoms with E-state index in [1.165, 1.54) is 23.7 Å². The minimum absolute atomic E-state index is 0.153. The zero-order valence-corrected chi connectivity index (χ0v) is 20.0. The lowest BCUT2D eigenvalue weighted by Gasteiger charge is -2.28. The van der Waals surface area contributed by atoms with Crippen LogP contribution in [0, 0.1) is 6.92 Å². The van der Waals surface area contributed by atoms with Gasteiger partial charge in [-0.2, -0.15) is 0 Å². The van der Waals surface area contributed by atoms with Gasteiger partial charge in [0.15, 0.2) is 5.16 Å². The largest absolute Gasteiger partial charge is 0.341 e. The topological polar surface area (TPSA) is 112 Å². The van der Waals surface area contributed by atoms with E-state index in [1.807, 2.05) is 6.92 Å². The zero-order chi connectivity index (χ0) is 23.7. The normalized spacial score (nSPS) is 14.9. The van der Waals surface area contributed by atoms with Gasteiger partial charge in [0.2, 0.25) is 11.9 Å². The molecule has 10 heteroatoms. The van der Waals surface area contributed by atoms with E-state index >= 15 is 0 Å². The van der Waals surface area contributed by atoms with E-state index in [0.29, 0.717) is 21.9 Å². The van der Waals surface area contributed by atoms with Gasteiger partial charge in [0.1, 0.15) is 0 Å². The van der Waals surface area contributed by atoms with Crippen LogP contribution < -0.4 is 15.9 Å². The minimum atomic E-state index is -0.413. The number of imidazole rings is 1. The Bertz CT molecular complexity index is 1370. The first-order valence-electron chi connectivity index (χ1n) is 11.4. The molecule has 1 aliphatic rings. The summed E-state index contributed by atoms with van der Waals surface area (Å²) in [7, 11) is 0. The first kappa shape index (κ1) is 22.3. The van der Waals surface area contributed by atoms with Crippen molar-refractivity contribution in [2.75, 3.05) is 23.3 Å². The molecular formula is C24H27N7O2S. The van der Waals surface area contributed by atoms with Crippen molar-refractivity contribution in [2.24, 2.45) is 0 Å². The van der Waals surface area contributed by atoms with Crippen LogP contribution in [0.25, 0.3) is 16.7 Å². The Morgan fingerprint density at radius 2 is 1.76 bits per heavy atom. The Balaban J connectivity index is 1.38. The molecule has 1 aliphatic heterocycles. The highest BCUT2D eigenvalue weighted by Gasteiger charge is 2.25. The second kappa shape index (κ2) is 9.38. The highest BCUT2D eigenvalue weighted by Crippen LogP contribution is 2.31. The number of carbonyl (C=O) groups is 1. The first-order valence-corrected chi connectivity index (χ1v) is 12.3. The number of piperidine rings is 1. The molecule has 2 aromatic carbocycles. The number of benzene rings is 2. The van der Waals surface area contributed by atoms with E-state index in [1.54, 1.807) is 18.2 Å². The van der Waals surface area contributed by atoms with E-state index in [9.17, 15) is 9.59 Å². The number of carbonyl (C=O) groups excluding carboxylic acids is 1. The maximum atomic E-state index is 13.0. The van der Waals surface area contributed by atoms with Gasteiger partial charge < -0.3 is 20.2 Å². The summed E-state index contributed by atoms with van der Waals surface area (Å²) >= 11 is 1.38. The fourth-order valence-electron chi connectivity index (χ4n) is 4.12. The second-order valence-electron chi connectivity index (χ2n) is 8.59. The van der Waals surface area contributed by atoms with Gasteiger partial charge in [0.05, 0.1) is 22.0 Å². The Kier molecular flexibility index (Phi) is 6.14. The van der Waals surface area contributed by atoms with Crippen molar-refractivity contribution in [3.8, 4) is 5.69 Å². The molecular weight excluding hydrogens is 450 g/mol. The van der Waals surface area contributed by atoms with Crippen LogP contribution in [0.1, 0.15) is 31.7 Å². The maximum Gasteiger partial charge on any atom is 0.323 e. The summed E-state index contributed by atoms with van der Waals surface area (Å²) in [5.41, 5.74) is 3.85. The summed E-state index contributed by atoms with van der Waals surface area (Å²) in [5, 5.41) is 12.2. The van der Waals surface area contributed by atoms with Gasteiger partial charge in [0, 0.05) is 18.8 Å². The third kappa shape index (κ3) is 4.58. The van der Waals surface area contributed by atoms with Gasteiger partial charge in [-0.1, -0.05) is 29.5 Å². The van der Waals surface area contributed by atoms with E-state index in [0.717, 1.165) is 37.6 Å². The van der Waals surface area contributed by atoms with Crippen LogP contribution in [-0.4, -0.2) is 49.0 Å². The SMILES string of the molecule is Cc1ccc(-n2c(SC(C)C(=O)Nc3ccc4[nH]c(=O)[nH]c4c3)nnc2N2CCCCC2)cc1. The number of aromatic amines is 2. The summed E-state index contributed by atoms with van der Waals surface area (Å²) in [4.78, 5) is 32.2. The molecule has 5 rings (SSSR count). The minimum Gasteiger partial charge on any atom is -0.341 e. The monoisotopic (exact) mass is 477 g/mol. The summed E-state index contributed by atoms with van der Waals surface area (Å²) in [6.45, 7) is 5.82. The number of hydrogen-bond donors (Lipinski definition) is 3. The fourth-order valence-corrected chi connectivity index (χ4v) is 4.99. The molecule has 1 unspecified atom stereocenters. The number of rotatable bonds is 6. The predicted octanol–water partition coefficient (Wildman–Crippen LogP) is 3.85. The van der Waals surface area contributed by atoms with Gasteiger partial charge >= 0.3 is 5.69 Å². The van der Waals surface area contributed by atoms with Gasteiger partial charge in [0.25, 0.3) is 0 Å². The number of aromatic nitrogens is 5. The third-order valence-corrected chi connectivity index (χ3v) is 7.02. The summed E-state index contributed by atoms with van der Waals surface area (Å²) in [6.07, 6.45) is 3.51. The number of thioether (sulfide) groups is 1. The zero-order valence-electron chi connectivity index (χ0n) is 19.2. The molecule has 3 heterocycles. The lowest BCUT2D eigenvalue weighted by atomic mass is 10.1. The van der Waals surface area contributed by atoms with Crippen molar-refractivity contribution in [3.05, 3.63) is 58.5 Å². The molecule has 176 valence electrons. The van der Waals surface area contributed by atoms with Crippen LogP contribution in [0.15, 0.2) is 52.4 Å². The van der Waals surface area contributed by atoms with Crippen molar-refractivity contribution in [2.45, 2.75) is 43.5 Å². The molecule has 1 fully saturated rings. The number of anilines is 2. The van der Waals surface area contributed by atoms with Crippen LogP contribution in [0.2, 0.25) is 0 Å². The highest BCUT2D eigenvalue weighted by molar-refractivity contribution is 8.00. The Labute approximate surface area is 201 Å². The Morgan fingerprint density at radius 3 is 2.53 bits per heavy atom. The number of H-pyrrole nitrogens is 2. The molecule has 2 aromatic heterocycles. The molecule has 0 spiro atoms. The quantitative estimate of drug-likeness (QED) is 0.364. The van der Waals surface area contributed by atoms with E-state index in [2.05, 4.69) is 66.1 Å². The summed E-state index contributed by atoms with van der Waals surface area (Å²) < 4.78 is 2.05. The third-order valence-electron chi connectivity index (χ3n) is 5.98. The van der Waals surface area contributed by atoms with Crippen LogP contribution in [0.4, 0.5) is 11.6 Å². The molecule has 9 nitrogen and oxygen atoms in total. The van der Waals surface area contributed by atoms with Crippen molar-refractivity contribution >= 4 is 40.3 Å². The van der Waals surface area contributed by atoms with Crippen molar-refractivity contribution in [1.82, 2.24) is 24.7 Å². The van der Waals surface area contributed by atoms with Gasteiger partial charge in [-0.15, -0.1) is 10.2 Å². The molecule has 1 saturated heterocycles. The molecule has 3 N–H and O–H groups in total. The molecule has 0 aliphatic carbocycles. The fraction of sp³-hybridized carbons (Fsp3) is 0.333. The van der Waals surface area contributed by atoms with Gasteiger partial charge in [-0.3, -0.25) is 9.36 Å². The Morgan fingerprint density at radius 1 is 1.03 bits per heavy atom. The van der Waals surface area contributed by atoms with Crippen molar-refractivity contribution in [1.29, 1.82) is 0 Å². The number of nitrogens with zero attached hydrogens (tertiary/aromatic N) is 4. The number of hydrogen-bond acceptors (Lipinski definition) is 6. The number of fused-ring (bicyclic) bond motifs is 1. The molecule has 0 radical (unpaired) electrons. The van der Waals surface area contributed by atoms with Crippen LogP contribution in [0.5, 0.6) is 0 Å². The first-order chi connectivity index (χ1) is 16.5. The smallest absolute Gasteiger partial charge is 0.323 e. The Hall–Kier alpha value is -3.53. The second-order valence-corrected chi connectivity index (χ2v) is 9.90. The average Bonchev–Trinajstić information content (AvgIpc) is 3.42. The van der Waals surface area contributed by atoms with E-state index < -0.39 is 5.25 Å². The number of aryl methyl sites for hydroxylation is 1. The van der Waals surface area contributed by atoms with E-state index in [-0.39, 0.29) is 11.6 Å². The lowest BCUT2D eigenvalue weighted by molar-refractivity contribution is -0.115. The standard InChI is InChI=1S/C24H27N7O2S/c1-15-6-9-18(10-7-15)31-23(30-12-4-3-5-13-30)28-29-24(31)34-16(2)21(32)25-17-8-11-19-20(14-17)27-22(33)26-19/h6-11,14,16H,3-5,12-13H2,1-2H3,(H,25,32)(H2,26,27,33). The maximum absolute atomic E-state index is 13.0. The molecule has 1 amide bonds. The molecule has 4 aromatic rings. The van der Waals surface area contributed by atoms with Crippen LogP contribution in [0.3, 0.4) is 0 Å². The number of amides is 1. The lowest BCUT2D eigenvalue weighted by Crippen LogP contribution is -2.31. The van der Waals surface area contributed by atoms with Gasteiger partial charge in [-0.05, 0) is 63.4 Å². The molecule has 0 bridgehead atoms. The average molecular weight is 478 g/mol. The molecule has 34 heavy (non-hydrogen) atoms. The van der Waals surface area contributed by atoms with Crippen molar-refractivity contribution in [3.63, 3.8) is 0 Å². The molecule has 0 saturated carbocycles. The summed E-state index contributed by atoms with van der Waals surface area (Å²) in [5.74, 6) is 0.667. The molecule has 1 atom stereocenters.